The van der Waals surface area contributed by atoms with Crippen molar-refractivity contribution in [3.63, 3.8) is 0 Å². The van der Waals surface area contributed by atoms with Gasteiger partial charge >= 0.3 is 0 Å². The van der Waals surface area contributed by atoms with Gasteiger partial charge in [0.2, 0.25) is 0 Å². The Bertz CT molecular complexity index is 314. The van der Waals surface area contributed by atoms with Crippen LogP contribution in [0.2, 0.25) is 0 Å². The number of hydrogen-bond donors (Lipinski definition) is 0. The van der Waals surface area contributed by atoms with Gasteiger partial charge in [0, 0.05) is 5.41 Å². The summed E-state index contributed by atoms with van der Waals surface area (Å²) in [6.07, 6.45) is 6.09. The van der Waals surface area contributed by atoms with Gasteiger partial charge in [0.15, 0.2) is 0 Å². The Morgan fingerprint density at radius 1 is 1.00 bits per heavy atom. The normalized spacial score (nSPS) is 63.4. The Morgan fingerprint density at radius 2 is 1.69 bits per heavy atom. The lowest BCUT2D eigenvalue weighted by atomic mass is 9.71. The summed E-state index contributed by atoms with van der Waals surface area (Å²) < 4.78 is 11.7. The first-order valence-corrected chi connectivity index (χ1v) is 6.78. The third kappa shape index (κ3) is 0.896. The zero-order chi connectivity index (χ0) is 11.0. The van der Waals surface area contributed by atoms with Gasteiger partial charge in [-0.1, -0.05) is 13.8 Å². The highest BCUT2D eigenvalue weighted by Crippen LogP contribution is 2.82. The maximum atomic E-state index is 6.04. The lowest BCUT2D eigenvalue weighted by Crippen LogP contribution is -2.43. The van der Waals surface area contributed by atoms with Gasteiger partial charge in [0.25, 0.3) is 0 Å². The van der Waals surface area contributed by atoms with Crippen molar-refractivity contribution in [2.75, 3.05) is 19.8 Å². The van der Waals surface area contributed by atoms with Gasteiger partial charge in [-0.05, 0) is 42.4 Å². The minimum atomic E-state index is 0.400. The highest BCUT2D eigenvalue weighted by molar-refractivity contribution is 5.24. The maximum absolute atomic E-state index is 6.04. The van der Waals surface area contributed by atoms with Crippen LogP contribution in [0.3, 0.4) is 0 Å². The van der Waals surface area contributed by atoms with Crippen LogP contribution >= 0.6 is 0 Å². The Kier molecular flexibility index (Phi) is 1.65. The highest BCUT2D eigenvalue weighted by atomic mass is 16.6. The molecule has 0 aromatic rings. The van der Waals surface area contributed by atoms with E-state index in [-0.39, 0.29) is 0 Å². The van der Waals surface area contributed by atoms with Gasteiger partial charge in [0.05, 0.1) is 25.9 Å². The summed E-state index contributed by atoms with van der Waals surface area (Å²) in [5, 5.41) is 0. The van der Waals surface area contributed by atoms with E-state index < -0.39 is 0 Å². The molecule has 5 rings (SSSR count). The molecule has 0 N–H and O–H groups in total. The van der Waals surface area contributed by atoms with E-state index in [2.05, 4.69) is 13.8 Å². The fourth-order valence-corrected chi connectivity index (χ4v) is 5.74. The van der Waals surface area contributed by atoms with Crippen molar-refractivity contribution in [2.24, 2.45) is 22.2 Å². The Morgan fingerprint density at radius 3 is 2.12 bits per heavy atom. The number of ether oxygens (including phenoxy) is 2. The first-order valence-electron chi connectivity index (χ1n) is 6.78. The molecule has 3 atom stereocenters. The van der Waals surface area contributed by atoms with E-state index in [1.807, 2.05) is 0 Å². The van der Waals surface area contributed by atoms with Crippen LogP contribution in [0.15, 0.2) is 0 Å². The molecule has 0 aromatic heterocycles. The lowest BCUT2D eigenvalue weighted by molar-refractivity contribution is -0.145. The van der Waals surface area contributed by atoms with Gasteiger partial charge in [-0.15, -0.1) is 0 Å². The molecule has 3 unspecified atom stereocenters. The summed E-state index contributed by atoms with van der Waals surface area (Å²) in [6.45, 7) is 7.50. The predicted octanol–water partition coefficient (Wildman–Crippen LogP) is 2.62. The van der Waals surface area contributed by atoms with Crippen LogP contribution in [0.25, 0.3) is 0 Å². The average molecular weight is 222 g/mol. The molecule has 90 valence electrons. The van der Waals surface area contributed by atoms with Crippen LogP contribution in [0.5, 0.6) is 0 Å². The molecule has 1 heterocycles. The second kappa shape index (κ2) is 2.67. The average Bonchev–Trinajstić information content (AvgIpc) is 2.83. The fraction of sp³-hybridized carbons (Fsp3) is 1.00. The van der Waals surface area contributed by atoms with E-state index in [0.717, 1.165) is 25.7 Å². The van der Waals surface area contributed by atoms with Crippen LogP contribution in [-0.2, 0) is 9.47 Å². The molecule has 5 fully saturated rings. The van der Waals surface area contributed by atoms with E-state index in [1.54, 1.807) is 0 Å². The molecule has 4 aliphatic carbocycles. The summed E-state index contributed by atoms with van der Waals surface area (Å²) in [5.41, 5.74) is 1.71. The maximum Gasteiger partial charge on any atom is 0.0868 e. The van der Waals surface area contributed by atoms with Gasteiger partial charge in [-0.25, -0.2) is 0 Å². The van der Waals surface area contributed by atoms with Crippen LogP contribution in [0.4, 0.5) is 0 Å². The molecule has 2 nitrogen and oxygen atoms in total. The van der Waals surface area contributed by atoms with Crippen LogP contribution in [0, 0.1) is 22.2 Å². The van der Waals surface area contributed by atoms with E-state index in [4.69, 9.17) is 9.47 Å². The third-order valence-corrected chi connectivity index (χ3v) is 6.56. The topological polar surface area (TPSA) is 18.5 Å². The van der Waals surface area contributed by atoms with E-state index in [0.29, 0.717) is 22.3 Å². The zero-order valence-corrected chi connectivity index (χ0v) is 10.4. The predicted molar refractivity (Wildman–Crippen MR) is 61.2 cm³/mol. The molecule has 4 saturated carbocycles. The molecule has 0 radical (unpaired) electrons. The summed E-state index contributed by atoms with van der Waals surface area (Å²) in [7, 11) is 0. The molecule has 0 amide bonds. The zero-order valence-electron chi connectivity index (χ0n) is 10.4. The first-order chi connectivity index (χ1) is 7.58. The Labute approximate surface area is 97.7 Å². The summed E-state index contributed by atoms with van der Waals surface area (Å²) in [6, 6.07) is 0. The van der Waals surface area contributed by atoms with Crippen molar-refractivity contribution < 1.29 is 9.47 Å². The first kappa shape index (κ1) is 9.90. The fourth-order valence-electron chi connectivity index (χ4n) is 5.74. The van der Waals surface area contributed by atoms with E-state index in [9.17, 15) is 0 Å². The van der Waals surface area contributed by atoms with E-state index >= 15 is 0 Å². The molecule has 1 saturated heterocycles. The van der Waals surface area contributed by atoms with Crippen LogP contribution in [-0.4, -0.2) is 25.9 Å². The molecule has 16 heavy (non-hydrogen) atoms. The van der Waals surface area contributed by atoms with Crippen molar-refractivity contribution >= 4 is 0 Å². The second-order valence-electron chi connectivity index (χ2n) is 7.25. The summed E-state index contributed by atoms with van der Waals surface area (Å²) >= 11 is 0. The minimum absolute atomic E-state index is 0.400. The van der Waals surface area contributed by atoms with Crippen molar-refractivity contribution in [2.45, 2.75) is 45.6 Å². The summed E-state index contributed by atoms with van der Waals surface area (Å²) in [4.78, 5) is 0. The van der Waals surface area contributed by atoms with Gasteiger partial charge in [-0.2, -0.15) is 0 Å². The molecule has 0 aromatic carbocycles. The minimum Gasteiger partial charge on any atom is -0.376 e. The monoisotopic (exact) mass is 222 g/mol. The highest BCUT2D eigenvalue weighted by Gasteiger charge is 2.75. The van der Waals surface area contributed by atoms with Crippen molar-refractivity contribution in [3.8, 4) is 0 Å². The van der Waals surface area contributed by atoms with Crippen molar-refractivity contribution in [1.82, 2.24) is 0 Å². The smallest absolute Gasteiger partial charge is 0.0868 e. The molecule has 5 aliphatic rings. The molecular formula is C14H22O2. The molecule has 2 heteroatoms. The summed E-state index contributed by atoms with van der Waals surface area (Å²) in [5.74, 6) is 0.925. The largest absolute Gasteiger partial charge is 0.376 e. The molecule has 4 bridgehead atoms. The Hall–Kier alpha value is -0.0800. The molecule has 0 spiro atoms. The van der Waals surface area contributed by atoms with Crippen LogP contribution < -0.4 is 0 Å². The van der Waals surface area contributed by atoms with Gasteiger partial charge in [-0.3, -0.25) is 0 Å². The second-order valence-corrected chi connectivity index (χ2v) is 7.25. The van der Waals surface area contributed by atoms with Gasteiger partial charge in [0.1, 0.15) is 0 Å². The van der Waals surface area contributed by atoms with E-state index in [1.165, 1.54) is 25.7 Å². The number of hydrogen-bond acceptors (Lipinski definition) is 2. The third-order valence-electron chi connectivity index (χ3n) is 6.56. The van der Waals surface area contributed by atoms with Crippen molar-refractivity contribution in [1.29, 1.82) is 0 Å². The van der Waals surface area contributed by atoms with Crippen molar-refractivity contribution in [3.05, 3.63) is 0 Å². The SMILES string of the molecule is CC12CC3CC1(C)CC3(C1COCCO1)C2. The molecule has 1 aliphatic heterocycles. The Balaban J connectivity index is 1.70. The quantitative estimate of drug-likeness (QED) is 0.679. The standard InChI is InChI=1S/C14H22O2/c1-12-5-10-6-13(12,2)9-14(10,8-12)11-7-15-3-4-16-11/h10-11H,3-9H2,1-2H3. The van der Waals surface area contributed by atoms with Crippen LogP contribution in [0.1, 0.15) is 39.5 Å². The lowest BCUT2D eigenvalue weighted by Gasteiger charge is -2.39. The molecular weight excluding hydrogens is 200 g/mol. The number of rotatable bonds is 1. The van der Waals surface area contributed by atoms with Gasteiger partial charge < -0.3 is 9.47 Å².